The molecule has 150 valence electrons. The summed E-state index contributed by atoms with van der Waals surface area (Å²) in [7, 11) is 0. The fraction of sp³-hybridized carbons (Fsp3) is 0.526. The second-order valence-corrected chi connectivity index (χ2v) is 7.79. The van der Waals surface area contributed by atoms with E-state index in [0.717, 1.165) is 5.71 Å². The van der Waals surface area contributed by atoms with Gasteiger partial charge < -0.3 is 14.2 Å². The van der Waals surface area contributed by atoms with Gasteiger partial charge in [-0.05, 0) is 12.0 Å². The Morgan fingerprint density at radius 1 is 1.32 bits per heavy atom. The number of fused-ring (bicyclic) bond motifs is 1. The lowest BCUT2D eigenvalue weighted by molar-refractivity contribution is -0.139. The van der Waals surface area contributed by atoms with Crippen molar-refractivity contribution < 1.29 is 14.0 Å². The zero-order valence-electron chi connectivity index (χ0n) is 16.5. The number of hydrogen-bond donors (Lipinski definition) is 1. The highest BCUT2D eigenvalue weighted by Gasteiger charge is 2.29. The van der Waals surface area contributed by atoms with Crippen LogP contribution in [-0.4, -0.2) is 39.6 Å². The van der Waals surface area contributed by atoms with Crippen LogP contribution in [0, 0.1) is 5.41 Å². The van der Waals surface area contributed by atoms with E-state index in [0.29, 0.717) is 37.9 Å². The minimum Gasteiger partial charge on any atom is -0.403 e. The van der Waals surface area contributed by atoms with Crippen molar-refractivity contribution in [1.82, 2.24) is 14.9 Å². The molecule has 28 heavy (non-hydrogen) atoms. The van der Waals surface area contributed by atoms with Crippen molar-refractivity contribution in [3.05, 3.63) is 32.4 Å². The van der Waals surface area contributed by atoms with Crippen molar-refractivity contribution in [2.45, 2.75) is 47.0 Å². The average Bonchev–Trinajstić information content (AvgIpc) is 2.64. The zero-order valence-corrected chi connectivity index (χ0v) is 16.5. The Labute approximate surface area is 161 Å². The molecule has 1 N–H and O–H groups in total. The van der Waals surface area contributed by atoms with E-state index in [-0.39, 0.29) is 23.0 Å². The van der Waals surface area contributed by atoms with Crippen molar-refractivity contribution in [2.24, 2.45) is 10.6 Å². The number of nitrogens with one attached hydrogen (secondary N) is 1. The molecule has 3 heterocycles. The standard InChI is InChI=1S/C19H24N4O5/c1-5-11-10-13(24)27-16-14(11)15(25)20-18(21-16)28-22-12-6-8-23(9-7-12)17(26)19(2,3)4/h10H,5-9H2,1-4H3,(H,20,21,25). The van der Waals surface area contributed by atoms with Gasteiger partial charge in [-0.25, -0.2) is 4.79 Å². The maximum absolute atomic E-state index is 12.3. The number of carbonyl (C=O) groups is 1. The lowest BCUT2D eigenvalue weighted by Crippen LogP contribution is -2.44. The van der Waals surface area contributed by atoms with Crippen LogP contribution >= 0.6 is 0 Å². The van der Waals surface area contributed by atoms with E-state index in [9.17, 15) is 14.4 Å². The van der Waals surface area contributed by atoms with Crippen molar-refractivity contribution >= 4 is 22.7 Å². The van der Waals surface area contributed by atoms with Crippen LogP contribution in [0.25, 0.3) is 11.1 Å². The van der Waals surface area contributed by atoms with Crippen molar-refractivity contribution in [3.63, 3.8) is 0 Å². The number of aromatic amines is 1. The van der Waals surface area contributed by atoms with Crippen LogP contribution < -0.4 is 16.0 Å². The molecule has 1 aliphatic heterocycles. The number of nitrogens with zero attached hydrogens (tertiary/aromatic N) is 3. The Hall–Kier alpha value is -2.97. The number of aromatic nitrogens is 2. The molecule has 9 nitrogen and oxygen atoms in total. The Kier molecular flexibility index (Phi) is 5.35. The highest BCUT2D eigenvalue weighted by atomic mass is 16.6. The van der Waals surface area contributed by atoms with Gasteiger partial charge in [-0.3, -0.25) is 14.6 Å². The number of carbonyl (C=O) groups excluding carboxylic acids is 1. The van der Waals surface area contributed by atoms with Crippen LogP contribution in [0.15, 0.2) is 25.2 Å². The lowest BCUT2D eigenvalue weighted by Gasteiger charge is -2.32. The smallest absolute Gasteiger partial charge is 0.337 e. The first-order valence-electron chi connectivity index (χ1n) is 9.28. The van der Waals surface area contributed by atoms with Crippen LogP contribution in [0.2, 0.25) is 0 Å². The van der Waals surface area contributed by atoms with Crippen LogP contribution in [0.4, 0.5) is 0 Å². The van der Waals surface area contributed by atoms with Gasteiger partial charge in [-0.1, -0.05) is 32.9 Å². The Balaban J connectivity index is 1.75. The predicted molar refractivity (Wildman–Crippen MR) is 104 cm³/mol. The molecule has 1 fully saturated rings. The number of hydrogen-bond acceptors (Lipinski definition) is 7. The first-order valence-corrected chi connectivity index (χ1v) is 9.28. The van der Waals surface area contributed by atoms with Gasteiger partial charge >= 0.3 is 11.6 Å². The van der Waals surface area contributed by atoms with Crippen LogP contribution in [-0.2, 0) is 11.2 Å². The first-order chi connectivity index (χ1) is 13.2. The van der Waals surface area contributed by atoms with Gasteiger partial charge in [-0.2, -0.15) is 4.98 Å². The summed E-state index contributed by atoms with van der Waals surface area (Å²) in [4.78, 5) is 49.9. The van der Waals surface area contributed by atoms with Crippen molar-refractivity contribution in [2.75, 3.05) is 13.1 Å². The number of aryl methyl sites for hydroxylation is 1. The summed E-state index contributed by atoms with van der Waals surface area (Å²) in [5.41, 5.74) is -0.185. The van der Waals surface area contributed by atoms with Gasteiger partial charge in [0.2, 0.25) is 11.6 Å². The number of likely N-dealkylation sites (tertiary alicyclic amines) is 1. The minimum absolute atomic E-state index is 0.0751. The number of piperidine rings is 1. The van der Waals surface area contributed by atoms with E-state index >= 15 is 0 Å². The Bertz CT molecular complexity index is 1030. The van der Waals surface area contributed by atoms with E-state index in [4.69, 9.17) is 9.25 Å². The van der Waals surface area contributed by atoms with Crippen molar-refractivity contribution in [3.8, 4) is 6.01 Å². The molecule has 1 saturated heterocycles. The molecule has 1 aliphatic rings. The number of H-pyrrole nitrogens is 1. The fourth-order valence-electron chi connectivity index (χ4n) is 3.09. The molecule has 0 saturated carbocycles. The van der Waals surface area contributed by atoms with Crippen LogP contribution in [0.1, 0.15) is 46.1 Å². The molecule has 0 atom stereocenters. The maximum Gasteiger partial charge on any atom is 0.337 e. The Morgan fingerprint density at radius 3 is 2.61 bits per heavy atom. The SMILES string of the molecule is CCc1cc(=O)oc2nc(ON=C3CCN(C(=O)C(C)(C)C)CC3)[nH]c(=O)c12. The summed E-state index contributed by atoms with van der Waals surface area (Å²) in [6.45, 7) is 8.65. The van der Waals surface area contributed by atoms with Crippen molar-refractivity contribution in [1.29, 1.82) is 0 Å². The summed E-state index contributed by atoms with van der Waals surface area (Å²) < 4.78 is 5.03. The molecule has 0 radical (unpaired) electrons. The van der Waals surface area contributed by atoms with Gasteiger partial charge in [0.15, 0.2) is 0 Å². The normalized spacial score (nSPS) is 15.0. The molecular formula is C19H24N4O5. The molecule has 1 amide bonds. The second-order valence-electron chi connectivity index (χ2n) is 7.79. The number of amides is 1. The Morgan fingerprint density at radius 2 is 2.00 bits per heavy atom. The highest BCUT2D eigenvalue weighted by molar-refractivity contribution is 5.88. The van der Waals surface area contributed by atoms with E-state index in [1.165, 1.54) is 6.07 Å². The van der Waals surface area contributed by atoms with Crippen LogP contribution in [0.3, 0.4) is 0 Å². The minimum atomic E-state index is -0.574. The molecule has 0 spiro atoms. The summed E-state index contributed by atoms with van der Waals surface area (Å²) in [6.07, 6.45) is 1.66. The highest BCUT2D eigenvalue weighted by Crippen LogP contribution is 2.20. The lowest BCUT2D eigenvalue weighted by atomic mass is 9.93. The molecule has 0 unspecified atom stereocenters. The average molecular weight is 388 g/mol. The second kappa shape index (κ2) is 7.57. The van der Waals surface area contributed by atoms with Gasteiger partial charge in [0, 0.05) is 37.4 Å². The summed E-state index contributed by atoms with van der Waals surface area (Å²) >= 11 is 0. The third kappa shape index (κ3) is 4.13. The van der Waals surface area contributed by atoms with E-state index in [2.05, 4.69) is 15.1 Å². The van der Waals surface area contributed by atoms with Gasteiger partial charge in [0.05, 0.1) is 5.71 Å². The largest absolute Gasteiger partial charge is 0.403 e. The maximum atomic E-state index is 12.3. The zero-order chi connectivity index (χ0) is 20.5. The molecule has 0 bridgehead atoms. The fourth-order valence-corrected chi connectivity index (χ4v) is 3.09. The molecular weight excluding hydrogens is 364 g/mol. The third-order valence-electron chi connectivity index (χ3n) is 4.59. The quantitative estimate of drug-likeness (QED) is 0.802. The first kappa shape index (κ1) is 19.8. The van der Waals surface area contributed by atoms with Gasteiger partial charge in [-0.15, -0.1) is 0 Å². The van der Waals surface area contributed by atoms with Gasteiger partial charge in [0.1, 0.15) is 5.39 Å². The molecule has 9 heteroatoms. The van der Waals surface area contributed by atoms with E-state index in [1.54, 1.807) is 0 Å². The number of rotatable bonds is 3. The summed E-state index contributed by atoms with van der Waals surface area (Å²) in [5, 5.41) is 4.28. The monoisotopic (exact) mass is 388 g/mol. The van der Waals surface area contributed by atoms with E-state index < -0.39 is 16.6 Å². The molecule has 2 aromatic rings. The molecule has 3 rings (SSSR count). The predicted octanol–water partition coefficient (Wildman–Crippen LogP) is 1.84. The summed E-state index contributed by atoms with van der Waals surface area (Å²) in [5.74, 6) is 0.106. The topological polar surface area (TPSA) is 118 Å². The van der Waals surface area contributed by atoms with Crippen LogP contribution in [0.5, 0.6) is 6.01 Å². The number of oxime groups is 1. The van der Waals surface area contributed by atoms with Gasteiger partial charge in [0.25, 0.3) is 5.56 Å². The molecule has 0 aromatic carbocycles. The van der Waals surface area contributed by atoms with E-state index in [1.807, 2.05) is 32.6 Å². The summed E-state index contributed by atoms with van der Waals surface area (Å²) in [6, 6.07) is 1.14. The third-order valence-corrected chi connectivity index (χ3v) is 4.59. The molecule has 2 aromatic heterocycles. The molecule has 0 aliphatic carbocycles.